The van der Waals surface area contributed by atoms with Crippen LogP contribution in [-0.4, -0.2) is 26.6 Å². The molecule has 0 amide bonds. The first-order valence-corrected chi connectivity index (χ1v) is 7.41. The van der Waals surface area contributed by atoms with E-state index in [1.54, 1.807) is 13.4 Å². The summed E-state index contributed by atoms with van der Waals surface area (Å²) in [5.41, 5.74) is 2.38. The van der Waals surface area contributed by atoms with Crippen LogP contribution in [0.25, 0.3) is 11.2 Å². The topological polar surface area (TPSA) is 67.7 Å². The van der Waals surface area contributed by atoms with Crippen LogP contribution >= 0.6 is 11.6 Å². The normalized spacial score (nSPS) is 11.1. The molecule has 0 aliphatic rings. The fourth-order valence-corrected chi connectivity index (χ4v) is 2.39. The smallest absolute Gasteiger partial charge is 0.226 e. The van der Waals surface area contributed by atoms with Gasteiger partial charge in [0.2, 0.25) is 5.95 Å². The first-order valence-electron chi connectivity index (χ1n) is 7.03. The summed E-state index contributed by atoms with van der Waals surface area (Å²) in [6.07, 6.45) is 1.78. The number of halogens is 1. The lowest BCUT2D eigenvalue weighted by Gasteiger charge is -2.11. The van der Waals surface area contributed by atoms with Gasteiger partial charge in [-0.05, 0) is 32.0 Å². The van der Waals surface area contributed by atoms with Crippen molar-refractivity contribution < 1.29 is 0 Å². The third-order valence-electron chi connectivity index (χ3n) is 3.29. The van der Waals surface area contributed by atoms with Crippen LogP contribution in [0.3, 0.4) is 0 Å². The molecule has 0 bridgehead atoms. The van der Waals surface area contributed by atoms with Gasteiger partial charge in [0.1, 0.15) is 0 Å². The van der Waals surface area contributed by atoms with Gasteiger partial charge in [-0.15, -0.1) is 0 Å². The highest BCUT2D eigenvalue weighted by Gasteiger charge is 2.14. The molecule has 6 nitrogen and oxygen atoms in total. The van der Waals surface area contributed by atoms with Crippen molar-refractivity contribution in [3.05, 3.63) is 35.6 Å². The Balaban J connectivity index is 2.12. The van der Waals surface area contributed by atoms with Crippen molar-refractivity contribution in [2.45, 2.75) is 19.9 Å². The molecule has 0 atom stereocenters. The van der Waals surface area contributed by atoms with E-state index in [1.165, 1.54) is 0 Å². The number of rotatable bonds is 4. The second-order valence-corrected chi connectivity index (χ2v) is 5.64. The van der Waals surface area contributed by atoms with Crippen LogP contribution in [0.15, 0.2) is 30.6 Å². The lowest BCUT2D eigenvalue weighted by Crippen LogP contribution is -2.05. The Morgan fingerprint density at radius 1 is 1.23 bits per heavy atom. The van der Waals surface area contributed by atoms with Crippen LogP contribution in [0.4, 0.5) is 17.5 Å². The highest BCUT2D eigenvalue weighted by Crippen LogP contribution is 2.26. The second kappa shape index (κ2) is 5.81. The monoisotopic (exact) mass is 316 g/mol. The zero-order valence-corrected chi connectivity index (χ0v) is 13.4. The number of nitrogens with zero attached hydrogens (tertiary/aromatic N) is 4. The molecule has 0 aliphatic carbocycles. The maximum absolute atomic E-state index is 6.03. The third-order valence-corrected chi connectivity index (χ3v) is 3.52. The Bertz CT molecular complexity index is 811. The third kappa shape index (κ3) is 2.69. The molecule has 114 valence electrons. The zero-order chi connectivity index (χ0) is 15.7. The quantitative estimate of drug-likeness (QED) is 0.765. The Hall–Kier alpha value is -2.34. The van der Waals surface area contributed by atoms with Gasteiger partial charge in [-0.3, -0.25) is 0 Å². The van der Waals surface area contributed by atoms with Crippen LogP contribution in [0.2, 0.25) is 5.02 Å². The fourth-order valence-electron chi connectivity index (χ4n) is 2.20. The molecular formula is C15H17ClN6. The summed E-state index contributed by atoms with van der Waals surface area (Å²) in [4.78, 5) is 13.4. The van der Waals surface area contributed by atoms with E-state index in [0.29, 0.717) is 16.8 Å². The molecule has 0 saturated carbocycles. The fraction of sp³-hybridized carbons (Fsp3) is 0.267. The SMILES string of the molecule is CNc1nc(Nc2cccc(Cl)c2)c2ncn(C(C)C)c2n1. The van der Waals surface area contributed by atoms with Gasteiger partial charge < -0.3 is 15.2 Å². The first kappa shape index (κ1) is 14.6. The van der Waals surface area contributed by atoms with E-state index in [0.717, 1.165) is 16.9 Å². The molecule has 0 unspecified atom stereocenters. The summed E-state index contributed by atoms with van der Waals surface area (Å²) >= 11 is 6.03. The van der Waals surface area contributed by atoms with E-state index in [1.807, 2.05) is 28.8 Å². The Morgan fingerprint density at radius 3 is 2.73 bits per heavy atom. The summed E-state index contributed by atoms with van der Waals surface area (Å²) in [5, 5.41) is 6.91. The predicted molar refractivity (Wildman–Crippen MR) is 90.0 cm³/mol. The van der Waals surface area contributed by atoms with Crippen LogP contribution in [0.5, 0.6) is 0 Å². The maximum Gasteiger partial charge on any atom is 0.226 e. The molecule has 1 aromatic carbocycles. The van der Waals surface area contributed by atoms with Gasteiger partial charge in [0.15, 0.2) is 17.0 Å². The highest BCUT2D eigenvalue weighted by atomic mass is 35.5. The number of hydrogen-bond donors (Lipinski definition) is 2. The summed E-state index contributed by atoms with van der Waals surface area (Å²) in [6, 6.07) is 7.75. The first-order chi connectivity index (χ1) is 10.6. The molecule has 2 aromatic heterocycles. The van der Waals surface area contributed by atoms with E-state index >= 15 is 0 Å². The Morgan fingerprint density at radius 2 is 2.05 bits per heavy atom. The summed E-state index contributed by atoms with van der Waals surface area (Å²) < 4.78 is 2.01. The second-order valence-electron chi connectivity index (χ2n) is 5.20. The molecule has 3 rings (SSSR count). The van der Waals surface area contributed by atoms with Crippen molar-refractivity contribution in [3.8, 4) is 0 Å². The Kier molecular flexibility index (Phi) is 3.85. The minimum atomic E-state index is 0.267. The largest absolute Gasteiger partial charge is 0.357 e. The number of imidazole rings is 1. The Labute approximate surface area is 133 Å². The summed E-state index contributed by atoms with van der Waals surface area (Å²) in [7, 11) is 1.79. The number of fused-ring (bicyclic) bond motifs is 1. The lowest BCUT2D eigenvalue weighted by atomic mass is 10.3. The van der Waals surface area contributed by atoms with Gasteiger partial charge in [-0.2, -0.15) is 9.97 Å². The van der Waals surface area contributed by atoms with Crippen molar-refractivity contribution in [3.63, 3.8) is 0 Å². The van der Waals surface area contributed by atoms with Gasteiger partial charge in [0.25, 0.3) is 0 Å². The van der Waals surface area contributed by atoms with E-state index in [4.69, 9.17) is 11.6 Å². The molecule has 2 N–H and O–H groups in total. The average Bonchev–Trinajstić information content (AvgIpc) is 2.91. The van der Waals surface area contributed by atoms with E-state index in [2.05, 4.69) is 39.4 Å². The van der Waals surface area contributed by atoms with Gasteiger partial charge in [-0.25, -0.2) is 4.98 Å². The van der Waals surface area contributed by atoms with Crippen molar-refractivity contribution in [1.29, 1.82) is 0 Å². The highest BCUT2D eigenvalue weighted by molar-refractivity contribution is 6.30. The molecule has 7 heteroatoms. The lowest BCUT2D eigenvalue weighted by molar-refractivity contribution is 0.613. The summed E-state index contributed by atoms with van der Waals surface area (Å²) in [5.74, 6) is 1.19. The number of aromatic nitrogens is 4. The van der Waals surface area contributed by atoms with E-state index in [9.17, 15) is 0 Å². The molecule has 0 fully saturated rings. The number of benzene rings is 1. The van der Waals surface area contributed by atoms with Crippen LogP contribution in [0, 0.1) is 0 Å². The molecule has 0 aliphatic heterocycles. The molecule has 3 aromatic rings. The van der Waals surface area contributed by atoms with Crippen LogP contribution < -0.4 is 10.6 Å². The van der Waals surface area contributed by atoms with E-state index < -0.39 is 0 Å². The predicted octanol–water partition coefficient (Wildman–Crippen LogP) is 3.85. The van der Waals surface area contributed by atoms with Crippen molar-refractivity contribution >= 4 is 40.2 Å². The van der Waals surface area contributed by atoms with Crippen LogP contribution in [0.1, 0.15) is 19.9 Å². The van der Waals surface area contributed by atoms with E-state index in [-0.39, 0.29) is 6.04 Å². The molecule has 2 heterocycles. The molecule has 22 heavy (non-hydrogen) atoms. The molecular weight excluding hydrogens is 300 g/mol. The molecule has 0 radical (unpaired) electrons. The van der Waals surface area contributed by atoms with Crippen molar-refractivity contribution in [2.24, 2.45) is 0 Å². The van der Waals surface area contributed by atoms with Gasteiger partial charge in [-0.1, -0.05) is 17.7 Å². The summed E-state index contributed by atoms with van der Waals surface area (Å²) in [6.45, 7) is 4.18. The minimum absolute atomic E-state index is 0.267. The molecule has 0 spiro atoms. The van der Waals surface area contributed by atoms with Crippen molar-refractivity contribution in [2.75, 3.05) is 17.7 Å². The average molecular weight is 317 g/mol. The minimum Gasteiger partial charge on any atom is -0.357 e. The molecule has 0 saturated heterocycles. The van der Waals surface area contributed by atoms with Crippen LogP contribution in [-0.2, 0) is 0 Å². The number of anilines is 3. The standard InChI is InChI=1S/C15H17ClN6/c1-9(2)22-8-18-12-13(20-15(17-3)21-14(12)22)19-11-6-4-5-10(16)7-11/h4-9H,1-3H3,(H2,17,19,20,21). The maximum atomic E-state index is 6.03. The van der Waals surface area contributed by atoms with Crippen molar-refractivity contribution in [1.82, 2.24) is 19.5 Å². The zero-order valence-electron chi connectivity index (χ0n) is 12.6. The van der Waals surface area contributed by atoms with Gasteiger partial charge in [0, 0.05) is 23.8 Å². The van der Waals surface area contributed by atoms with Gasteiger partial charge in [0.05, 0.1) is 6.33 Å². The number of hydrogen-bond acceptors (Lipinski definition) is 5. The number of nitrogens with one attached hydrogen (secondary N) is 2. The van der Waals surface area contributed by atoms with Gasteiger partial charge >= 0.3 is 0 Å².